The zero-order valence-corrected chi connectivity index (χ0v) is 21.7. The molecular weight excluding hydrogens is 392 g/mol. The van der Waals surface area contributed by atoms with Crippen LogP contribution in [0.4, 0.5) is 0 Å². The average molecular weight is 441 g/mol. The van der Waals surface area contributed by atoms with Crippen molar-refractivity contribution in [3.8, 4) is 0 Å². The molecule has 0 saturated heterocycles. The molecule has 1 amide bonds. The molecule has 0 aliphatic heterocycles. The first-order valence-electron chi connectivity index (χ1n) is 12.6. The van der Waals surface area contributed by atoms with Crippen molar-refractivity contribution < 1.29 is 4.79 Å². The van der Waals surface area contributed by atoms with Crippen LogP contribution in [-0.2, 0) is 4.79 Å². The molecule has 0 bridgehead atoms. The van der Waals surface area contributed by atoms with Crippen LogP contribution in [0.15, 0.2) is 59.9 Å². The summed E-state index contributed by atoms with van der Waals surface area (Å²) in [6.07, 6.45) is 13.6. The first-order chi connectivity index (χ1) is 15.1. The van der Waals surface area contributed by atoms with E-state index in [0.29, 0.717) is 17.4 Å². The molecule has 0 spiro atoms. The summed E-state index contributed by atoms with van der Waals surface area (Å²) in [5.74, 6) is 2.62. The summed E-state index contributed by atoms with van der Waals surface area (Å²) in [6, 6.07) is 0.227. The van der Waals surface area contributed by atoms with E-state index >= 15 is 0 Å². The lowest BCUT2D eigenvalue weighted by Crippen LogP contribution is -2.35. The highest BCUT2D eigenvalue weighted by Gasteiger charge is 2.38. The number of primary amides is 1. The van der Waals surface area contributed by atoms with E-state index in [9.17, 15) is 4.79 Å². The maximum atomic E-state index is 12.4. The van der Waals surface area contributed by atoms with E-state index in [1.165, 1.54) is 25.7 Å². The normalized spacial score (nSPS) is 23.8. The van der Waals surface area contributed by atoms with Crippen LogP contribution in [0.1, 0.15) is 80.6 Å². The largest absolute Gasteiger partial charge is 0.381 e. The summed E-state index contributed by atoms with van der Waals surface area (Å²) in [7, 11) is 0. The fourth-order valence-electron chi connectivity index (χ4n) is 5.32. The molecule has 1 rings (SSSR count). The lowest BCUT2D eigenvalue weighted by Gasteiger charge is -2.27. The standard InChI is InChI=1S/C29H48N2O/c1-10-14-16-26(24(12-3)19(5)6)28(25(13-4)29(30)32)31-21(9)23-17-22(15-11-2)27(18-23)20(7)8/h12-14,16,19-23,27,31H,3-4,10-11,15,17-18H2,1-2,5-9H3,(H2,30,32)/b16-14-,26-24?,28-25-/t21?,22?,23?,27-/m1/s1. The van der Waals surface area contributed by atoms with Gasteiger partial charge in [-0.1, -0.05) is 91.8 Å². The van der Waals surface area contributed by atoms with E-state index in [1.807, 2.05) is 6.08 Å². The Morgan fingerprint density at radius 3 is 2.16 bits per heavy atom. The third-order valence-electron chi connectivity index (χ3n) is 7.06. The van der Waals surface area contributed by atoms with Gasteiger partial charge in [-0.3, -0.25) is 4.79 Å². The van der Waals surface area contributed by atoms with Gasteiger partial charge in [0.25, 0.3) is 5.91 Å². The molecule has 3 unspecified atom stereocenters. The summed E-state index contributed by atoms with van der Waals surface area (Å²) in [4.78, 5) is 12.4. The number of nitrogens with two attached hydrogens (primary N) is 1. The maximum absolute atomic E-state index is 12.4. The Morgan fingerprint density at radius 1 is 1.06 bits per heavy atom. The Kier molecular flexibility index (Phi) is 11.8. The van der Waals surface area contributed by atoms with Gasteiger partial charge >= 0.3 is 0 Å². The second kappa shape index (κ2) is 13.5. The van der Waals surface area contributed by atoms with E-state index in [4.69, 9.17) is 5.73 Å². The molecule has 0 aromatic heterocycles. The van der Waals surface area contributed by atoms with Crippen LogP contribution in [0, 0.1) is 29.6 Å². The van der Waals surface area contributed by atoms with Crippen molar-refractivity contribution in [2.45, 2.75) is 86.6 Å². The monoisotopic (exact) mass is 440 g/mol. The van der Waals surface area contributed by atoms with Crippen molar-refractivity contribution >= 4 is 5.91 Å². The Labute approximate surface area is 198 Å². The predicted octanol–water partition coefficient (Wildman–Crippen LogP) is 7.09. The van der Waals surface area contributed by atoms with E-state index in [2.05, 4.69) is 79.1 Å². The summed E-state index contributed by atoms with van der Waals surface area (Å²) in [6.45, 7) is 23.6. The minimum atomic E-state index is -0.459. The lowest BCUT2D eigenvalue weighted by molar-refractivity contribution is -0.114. The molecule has 1 fully saturated rings. The Morgan fingerprint density at radius 2 is 1.72 bits per heavy atom. The second-order valence-electron chi connectivity index (χ2n) is 10.0. The van der Waals surface area contributed by atoms with Gasteiger partial charge in [-0.05, 0) is 61.3 Å². The molecular formula is C29H48N2O. The van der Waals surface area contributed by atoms with Gasteiger partial charge in [0, 0.05) is 11.6 Å². The topological polar surface area (TPSA) is 55.1 Å². The Bertz CT molecular complexity index is 738. The summed E-state index contributed by atoms with van der Waals surface area (Å²) < 4.78 is 0. The van der Waals surface area contributed by atoms with Gasteiger partial charge < -0.3 is 11.1 Å². The lowest BCUT2D eigenvalue weighted by atomic mass is 9.84. The molecule has 3 nitrogen and oxygen atoms in total. The van der Waals surface area contributed by atoms with E-state index in [0.717, 1.165) is 35.1 Å². The van der Waals surface area contributed by atoms with Crippen LogP contribution in [0.2, 0.25) is 0 Å². The van der Waals surface area contributed by atoms with Crippen molar-refractivity contribution in [1.29, 1.82) is 0 Å². The number of allylic oxidation sites excluding steroid dienone is 4. The molecule has 3 heteroatoms. The van der Waals surface area contributed by atoms with Gasteiger partial charge in [0.2, 0.25) is 0 Å². The van der Waals surface area contributed by atoms with Gasteiger partial charge in [0.05, 0.1) is 11.3 Å². The molecule has 1 aliphatic rings. The van der Waals surface area contributed by atoms with E-state index < -0.39 is 5.91 Å². The van der Waals surface area contributed by atoms with Crippen LogP contribution in [0.3, 0.4) is 0 Å². The molecule has 0 aromatic carbocycles. The summed E-state index contributed by atoms with van der Waals surface area (Å²) in [5.41, 5.74) is 9.12. The molecule has 0 radical (unpaired) electrons. The number of carbonyl (C=O) groups is 1. The van der Waals surface area contributed by atoms with Crippen LogP contribution in [0.5, 0.6) is 0 Å². The summed E-state index contributed by atoms with van der Waals surface area (Å²) >= 11 is 0. The Balaban J connectivity index is 3.46. The highest BCUT2D eigenvalue weighted by atomic mass is 16.1. The third-order valence-corrected chi connectivity index (χ3v) is 7.06. The van der Waals surface area contributed by atoms with Crippen molar-refractivity contribution in [2.75, 3.05) is 0 Å². The molecule has 4 atom stereocenters. The van der Waals surface area contributed by atoms with Gasteiger partial charge in [0.15, 0.2) is 0 Å². The molecule has 32 heavy (non-hydrogen) atoms. The average Bonchev–Trinajstić information content (AvgIpc) is 3.15. The molecule has 1 aliphatic carbocycles. The fraction of sp³-hybridized carbons (Fsp3) is 0.621. The van der Waals surface area contributed by atoms with E-state index in [1.54, 1.807) is 6.08 Å². The fourth-order valence-corrected chi connectivity index (χ4v) is 5.32. The van der Waals surface area contributed by atoms with Gasteiger partial charge in [-0.15, -0.1) is 0 Å². The SMILES string of the molecule is C=CC(=C(/C=C\CC)/C(NC(C)C1CC(CCC)[C@@H](C(C)C)C1)=C(\C=C)C(N)=O)C(C)C. The predicted molar refractivity (Wildman–Crippen MR) is 140 cm³/mol. The maximum Gasteiger partial charge on any atom is 0.250 e. The first-order valence-corrected chi connectivity index (χ1v) is 12.6. The van der Waals surface area contributed by atoms with Crippen LogP contribution in [0.25, 0.3) is 0 Å². The van der Waals surface area contributed by atoms with Crippen LogP contribution in [-0.4, -0.2) is 11.9 Å². The van der Waals surface area contributed by atoms with E-state index in [-0.39, 0.29) is 12.0 Å². The van der Waals surface area contributed by atoms with Gasteiger partial charge in [0.1, 0.15) is 0 Å². The molecule has 1 saturated carbocycles. The number of hydrogen-bond donors (Lipinski definition) is 2. The zero-order valence-electron chi connectivity index (χ0n) is 21.7. The van der Waals surface area contributed by atoms with Gasteiger partial charge in [-0.2, -0.15) is 0 Å². The van der Waals surface area contributed by atoms with Gasteiger partial charge in [-0.25, -0.2) is 0 Å². The second-order valence-corrected chi connectivity index (χ2v) is 10.0. The number of rotatable bonds is 13. The number of amides is 1. The van der Waals surface area contributed by atoms with Crippen LogP contribution < -0.4 is 11.1 Å². The van der Waals surface area contributed by atoms with Crippen molar-refractivity contribution in [1.82, 2.24) is 5.32 Å². The third kappa shape index (κ3) is 7.25. The number of carbonyl (C=O) groups excluding carboxylic acids is 1. The smallest absolute Gasteiger partial charge is 0.250 e. The number of hydrogen-bond acceptors (Lipinski definition) is 2. The highest BCUT2D eigenvalue weighted by molar-refractivity contribution is 5.96. The van der Waals surface area contributed by atoms with Crippen LogP contribution >= 0.6 is 0 Å². The molecule has 0 heterocycles. The first kappa shape index (κ1) is 28.0. The molecule has 3 N–H and O–H groups in total. The molecule has 0 aromatic rings. The highest BCUT2D eigenvalue weighted by Crippen LogP contribution is 2.44. The minimum Gasteiger partial charge on any atom is -0.381 e. The minimum absolute atomic E-state index is 0.227. The van der Waals surface area contributed by atoms with Crippen molar-refractivity contribution in [3.05, 3.63) is 59.9 Å². The summed E-state index contributed by atoms with van der Waals surface area (Å²) in [5, 5.41) is 3.74. The molecule has 180 valence electrons. The zero-order chi connectivity index (χ0) is 24.4. The van der Waals surface area contributed by atoms with Crippen molar-refractivity contribution in [3.63, 3.8) is 0 Å². The van der Waals surface area contributed by atoms with Crippen molar-refractivity contribution in [2.24, 2.45) is 35.3 Å². The number of nitrogens with one attached hydrogen (secondary N) is 1. The Hall–Kier alpha value is -2.03. The quantitative estimate of drug-likeness (QED) is 0.237.